The first kappa shape index (κ1) is 11.2. The molecule has 1 heterocycles. The van der Waals surface area contributed by atoms with Crippen LogP contribution < -0.4 is 5.32 Å². The number of hydrogen-bond donors (Lipinski definition) is 3. The lowest BCUT2D eigenvalue weighted by Crippen LogP contribution is -2.08. The summed E-state index contributed by atoms with van der Waals surface area (Å²) in [6.45, 7) is 1.97. The number of aromatic carboxylic acids is 1. The molecule has 1 atom stereocenters. The van der Waals surface area contributed by atoms with E-state index in [1.807, 2.05) is 19.1 Å². The molecule has 2 rings (SSSR count). The molecule has 0 radical (unpaired) electrons. The fourth-order valence-corrected chi connectivity index (χ4v) is 1.58. The molecule has 0 spiro atoms. The van der Waals surface area contributed by atoms with Gasteiger partial charge < -0.3 is 10.4 Å². The lowest BCUT2D eigenvalue weighted by molar-refractivity contribution is 0.0697. The summed E-state index contributed by atoms with van der Waals surface area (Å²) in [6, 6.07) is 8.63. The summed E-state index contributed by atoms with van der Waals surface area (Å²) in [5.74, 6) is -0.928. The fourth-order valence-electron chi connectivity index (χ4n) is 1.58. The summed E-state index contributed by atoms with van der Waals surface area (Å²) < 4.78 is 0. The number of benzene rings is 1. The van der Waals surface area contributed by atoms with Crippen LogP contribution in [0, 0.1) is 0 Å². The van der Waals surface area contributed by atoms with Crippen molar-refractivity contribution in [1.82, 2.24) is 10.2 Å². The van der Waals surface area contributed by atoms with Crippen LogP contribution in [0.3, 0.4) is 0 Å². The van der Waals surface area contributed by atoms with Gasteiger partial charge in [0.2, 0.25) is 0 Å². The number of carboxylic acids is 1. The highest BCUT2D eigenvalue weighted by Crippen LogP contribution is 2.18. The first-order chi connectivity index (χ1) is 8.16. The van der Waals surface area contributed by atoms with Gasteiger partial charge in [-0.15, -0.1) is 0 Å². The van der Waals surface area contributed by atoms with Crippen molar-refractivity contribution in [2.75, 3.05) is 5.32 Å². The van der Waals surface area contributed by atoms with Gasteiger partial charge in [0.1, 0.15) is 0 Å². The molecule has 2 aromatic rings. The largest absolute Gasteiger partial charge is 0.478 e. The van der Waals surface area contributed by atoms with Crippen LogP contribution in [0.15, 0.2) is 36.5 Å². The van der Waals surface area contributed by atoms with Crippen molar-refractivity contribution in [3.63, 3.8) is 0 Å². The molecule has 3 N–H and O–H groups in total. The zero-order chi connectivity index (χ0) is 12.3. The SMILES string of the molecule is CC(Nc1cccc(C(=O)O)c1)c1ccn[nH]1. The van der Waals surface area contributed by atoms with Gasteiger partial charge in [0.05, 0.1) is 17.3 Å². The molecule has 0 aliphatic carbocycles. The Kier molecular flexibility index (Phi) is 3.09. The van der Waals surface area contributed by atoms with Gasteiger partial charge in [0.15, 0.2) is 0 Å². The Morgan fingerprint density at radius 1 is 1.47 bits per heavy atom. The van der Waals surface area contributed by atoms with Crippen molar-refractivity contribution in [2.24, 2.45) is 0 Å². The second kappa shape index (κ2) is 4.69. The number of rotatable bonds is 4. The first-order valence-electron chi connectivity index (χ1n) is 5.26. The van der Waals surface area contributed by atoms with E-state index in [2.05, 4.69) is 15.5 Å². The highest BCUT2D eigenvalue weighted by molar-refractivity contribution is 5.88. The van der Waals surface area contributed by atoms with Gasteiger partial charge in [-0.25, -0.2) is 4.79 Å². The minimum atomic E-state index is -0.928. The highest BCUT2D eigenvalue weighted by atomic mass is 16.4. The summed E-state index contributed by atoms with van der Waals surface area (Å²) in [5.41, 5.74) is 1.99. The number of anilines is 1. The van der Waals surface area contributed by atoms with Gasteiger partial charge in [0, 0.05) is 11.9 Å². The Hall–Kier alpha value is -2.30. The normalized spacial score (nSPS) is 12.1. The molecule has 1 unspecified atom stereocenters. The van der Waals surface area contributed by atoms with Gasteiger partial charge >= 0.3 is 5.97 Å². The molecule has 0 aliphatic heterocycles. The maximum Gasteiger partial charge on any atom is 0.335 e. The maximum atomic E-state index is 10.8. The molecule has 0 aliphatic rings. The molecule has 0 saturated carbocycles. The molecule has 88 valence electrons. The van der Waals surface area contributed by atoms with E-state index < -0.39 is 5.97 Å². The smallest absolute Gasteiger partial charge is 0.335 e. The number of aromatic amines is 1. The maximum absolute atomic E-state index is 10.8. The van der Waals surface area contributed by atoms with Crippen LogP contribution in [0.1, 0.15) is 29.0 Å². The van der Waals surface area contributed by atoms with Crippen molar-refractivity contribution in [3.8, 4) is 0 Å². The van der Waals surface area contributed by atoms with E-state index in [-0.39, 0.29) is 11.6 Å². The van der Waals surface area contributed by atoms with Crippen LogP contribution >= 0.6 is 0 Å². The van der Waals surface area contributed by atoms with E-state index in [4.69, 9.17) is 5.11 Å². The molecule has 5 heteroatoms. The van der Waals surface area contributed by atoms with Crippen molar-refractivity contribution in [3.05, 3.63) is 47.8 Å². The zero-order valence-electron chi connectivity index (χ0n) is 9.34. The summed E-state index contributed by atoms with van der Waals surface area (Å²) in [7, 11) is 0. The Balaban J connectivity index is 2.13. The number of H-pyrrole nitrogens is 1. The molecule has 5 nitrogen and oxygen atoms in total. The topological polar surface area (TPSA) is 78.0 Å². The average molecular weight is 231 g/mol. The third-order valence-corrected chi connectivity index (χ3v) is 2.48. The molecule has 0 fully saturated rings. The van der Waals surface area contributed by atoms with Gasteiger partial charge in [-0.05, 0) is 31.2 Å². The predicted molar refractivity (Wildman–Crippen MR) is 64.0 cm³/mol. The van der Waals surface area contributed by atoms with Crippen molar-refractivity contribution in [1.29, 1.82) is 0 Å². The Morgan fingerprint density at radius 2 is 2.29 bits per heavy atom. The Labute approximate surface area is 98.5 Å². The van der Waals surface area contributed by atoms with Crippen LogP contribution in [0.2, 0.25) is 0 Å². The predicted octanol–water partition coefficient (Wildman–Crippen LogP) is 2.28. The van der Waals surface area contributed by atoms with Crippen molar-refractivity contribution >= 4 is 11.7 Å². The minimum absolute atomic E-state index is 0.0431. The van der Waals surface area contributed by atoms with E-state index >= 15 is 0 Å². The number of nitrogens with one attached hydrogen (secondary N) is 2. The lowest BCUT2D eigenvalue weighted by atomic mass is 10.1. The van der Waals surface area contributed by atoms with Crippen LogP contribution in [-0.4, -0.2) is 21.3 Å². The summed E-state index contributed by atoms with van der Waals surface area (Å²) >= 11 is 0. The lowest BCUT2D eigenvalue weighted by Gasteiger charge is -2.13. The van der Waals surface area contributed by atoms with Gasteiger partial charge in [-0.3, -0.25) is 5.10 Å². The molecule has 17 heavy (non-hydrogen) atoms. The summed E-state index contributed by atoms with van der Waals surface area (Å²) in [5, 5.41) is 18.8. The van der Waals surface area contributed by atoms with Crippen LogP contribution in [0.5, 0.6) is 0 Å². The molecule has 1 aromatic carbocycles. The van der Waals surface area contributed by atoms with Crippen LogP contribution in [0.4, 0.5) is 5.69 Å². The molecular formula is C12H13N3O2. The quantitative estimate of drug-likeness (QED) is 0.754. The van der Waals surface area contributed by atoms with E-state index in [9.17, 15) is 4.79 Å². The van der Waals surface area contributed by atoms with Crippen LogP contribution in [0.25, 0.3) is 0 Å². The average Bonchev–Trinajstić information content (AvgIpc) is 2.82. The van der Waals surface area contributed by atoms with Crippen molar-refractivity contribution < 1.29 is 9.90 Å². The molecule has 0 bridgehead atoms. The Morgan fingerprint density at radius 3 is 2.94 bits per heavy atom. The monoisotopic (exact) mass is 231 g/mol. The molecule has 0 amide bonds. The number of aromatic nitrogens is 2. The van der Waals surface area contributed by atoms with Gasteiger partial charge in [-0.2, -0.15) is 5.10 Å². The summed E-state index contributed by atoms with van der Waals surface area (Å²) in [4.78, 5) is 10.8. The number of hydrogen-bond acceptors (Lipinski definition) is 3. The fraction of sp³-hybridized carbons (Fsp3) is 0.167. The standard InChI is InChI=1S/C12H13N3O2/c1-8(11-5-6-13-15-11)14-10-4-2-3-9(7-10)12(16)17/h2-8,14H,1H3,(H,13,15)(H,16,17). The van der Waals surface area contributed by atoms with E-state index in [0.717, 1.165) is 11.4 Å². The molecule has 1 aromatic heterocycles. The Bertz CT molecular complexity index is 508. The number of carboxylic acid groups (broad SMARTS) is 1. The van der Waals surface area contributed by atoms with E-state index in [0.29, 0.717) is 0 Å². The highest BCUT2D eigenvalue weighted by Gasteiger charge is 2.08. The molecule has 0 saturated heterocycles. The van der Waals surface area contributed by atoms with Gasteiger partial charge in [-0.1, -0.05) is 6.07 Å². The van der Waals surface area contributed by atoms with E-state index in [1.54, 1.807) is 24.4 Å². The molecular weight excluding hydrogens is 218 g/mol. The zero-order valence-corrected chi connectivity index (χ0v) is 9.34. The number of nitrogens with zero attached hydrogens (tertiary/aromatic N) is 1. The van der Waals surface area contributed by atoms with Crippen molar-refractivity contribution in [2.45, 2.75) is 13.0 Å². The second-order valence-corrected chi connectivity index (χ2v) is 3.76. The third kappa shape index (κ3) is 2.63. The van der Waals surface area contributed by atoms with E-state index in [1.165, 1.54) is 0 Å². The van der Waals surface area contributed by atoms with Gasteiger partial charge in [0.25, 0.3) is 0 Å². The van der Waals surface area contributed by atoms with Crippen LogP contribution in [-0.2, 0) is 0 Å². The third-order valence-electron chi connectivity index (χ3n) is 2.48. The first-order valence-corrected chi connectivity index (χ1v) is 5.26. The minimum Gasteiger partial charge on any atom is -0.478 e. The number of carbonyl (C=O) groups is 1. The summed E-state index contributed by atoms with van der Waals surface area (Å²) in [6.07, 6.45) is 1.68. The second-order valence-electron chi connectivity index (χ2n) is 3.76.